The van der Waals surface area contributed by atoms with Crippen LogP contribution in [-0.4, -0.2) is 21.7 Å². The number of carbonyl (C=O) groups excluding carboxylic acids is 1. The molecule has 176 valence electrons. The Balaban J connectivity index is 1.43. The number of nitrogens with zero attached hydrogens (tertiary/aromatic N) is 2. The zero-order valence-electron chi connectivity index (χ0n) is 19.2. The maximum atomic E-state index is 13.0. The van der Waals surface area contributed by atoms with Gasteiger partial charge < -0.3 is 9.47 Å². The molecule has 7 nitrogen and oxygen atoms in total. The third-order valence-corrected chi connectivity index (χ3v) is 6.65. The molecule has 0 fully saturated rings. The molecule has 0 N–H and O–H groups in total. The summed E-state index contributed by atoms with van der Waals surface area (Å²) < 4.78 is 13.8. The molecule has 2 aromatic heterocycles. The lowest BCUT2D eigenvalue weighted by atomic mass is 10.2. The lowest BCUT2D eigenvalue weighted by Crippen LogP contribution is -2.38. The molecule has 0 atom stereocenters. The maximum Gasteiger partial charge on any atom is 0.348 e. The molecule has 0 radical (unpaired) electrons. The number of fused-ring (bicyclic) bond motifs is 1. The monoisotopic (exact) mass is 478 g/mol. The molecule has 2 heterocycles. The van der Waals surface area contributed by atoms with E-state index in [4.69, 9.17) is 9.47 Å². The van der Waals surface area contributed by atoms with Gasteiger partial charge in [-0.25, -0.2) is 9.59 Å². The highest BCUT2D eigenvalue weighted by Crippen LogP contribution is 2.23. The Morgan fingerprint density at radius 2 is 1.79 bits per heavy atom. The lowest BCUT2D eigenvalue weighted by Gasteiger charge is -2.09. The van der Waals surface area contributed by atoms with Crippen LogP contribution in [-0.2, 0) is 24.9 Å². The first-order valence-corrected chi connectivity index (χ1v) is 11.9. The molecule has 0 aliphatic heterocycles. The van der Waals surface area contributed by atoms with Crippen LogP contribution >= 0.6 is 11.3 Å². The Labute approximate surface area is 200 Å². The van der Waals surface area contributed by atoms with Gasteiger partial charge in [-0.2, -0.15) is 0 Å². The molecule has 0 saturated carbocycles. The van der Waals surface area contributed by atoms with Gasteiger partial charge in [0.05, 0.1) is 12.0 Å². The van der Waals surface area contributed by atoms with Crippen molar-refractivity contribution >= 4 is 27.5 Å². The topological polar surface area (TPSA) is 79.5 Å². The number of hydrogen-bond donors (Lipinski definition) is 0. The summed E-state index contributed by atoms with van der Waals surface area (Å²) in [7, 11) is 1.61. The predicted molar refractivity (Wildman–Crippen MR) is 133 cm³/mol. The second-order valence-corrected chi connectivity index (χ2v) is 9.09. The van der Waals surface area contributed by atoms with Gasteiger partial charge in [0.25, 0.3) is 5.56 Å². The molecule has 0 saturated heterocycles. The largest absolute Gasteiger partial charge is 0.494 e. The van der Waals surface area contributed by atoms with Crippen LogP contribution in [0.4, 0.5) is 0 Å². The van der Waals surface area contributed by atoms with Crippen LogP contribution in [0.25, 0.3) is 10.2 Å². The highest BCUT2D eigenvalue weighted by molar-refractivity contribution is 7.20. The minimum Gasteiger partial charge on any atom is -0.494 e. The number of esters is 1. The Kier molecular flexibility index (Phi) is 7.27. The highest BCUT2D eigenvalue weighted by Gasteiger charge is 2.18. The number of thiophene rings is 1. The second kappa shape index (κ2) is 10.5. The average Bonchev–Trinajstić information content (AvgIpc) is 3.30. The van der Waals surface area contributed by atoms with E-state index in [1.54, 1.807) is 7.05 Å². The molecule has 0 amide bonds. The fourth-order valence-corrected chi connectivity index (χ4v) is 4.64. The summed E-state index contributed by atoms with van der Waals surface area (Å²) in [4.78, 5) is 39.1. The van der Waals surface area contributed by atoms with Crippen molar-refractivity contribution in [1.82, 2.24) is 9.13 Å². The standard InChI is InChI=1S/C26H26N2O5S/c1-18-9-8-12-20(15-18)32-14-7-6-13-28-23(29)21-16-22(34-24(21)27(2)26(28)31)25(30)33-17-19-10-4-3-5-11-19/h3-5,8-12,15-16H,6-7,13-14,17H2,1-2H3. The van der Waals surface area contributed by atoms with Crippen molar-refractivity contribution in [3.8, 4) is 5.75 Å². The zero-order chi connectivity index (χ0) is 24.1. The Bertz CT molecular complexity index is 1420. The van der Waals surface area contributed by atoms with Crippen molar-refractivity contribution in [3.05, 3.63) is 97.5 Å². The number of aryl methyl sites for hydroxylation is 2. The van der Waals surface area contributed by atoms with Crippen molar-refractivity contribution < 1.29 is 14.3 Å². The van der Waals surface area contributed by atoms with Crippen LogP contribution < -0.4 is 16.0 Å². The number of benzene rings is 2. The molecule has 4 aromatic rings. The molecule has 4 rings (SSSR count). The van der Waals surface area contributed by atoms with E-state index in [0.717, 1.165) is 28.2 Å². The number of aromatic nitrogens is 2. The number of unbranched alkanes of at least 4 members (excludes halogenated alkanes) is 1. The van der Waals surface area contributed by atoms with E-state index >= 15 is 0 Å². The number of rotatable bonds is 9. The smallest absolute Gasteiger partial charge is 0.348 e. The van der Waals surface area contributed by atoms with Crippen molar-refractivity contribution in [3.63, 3.8) is 0 Å². The van der Waals surface area contributed by atoms with Crippen LogP contribution in [0.1, 0.15) is 33.6 Å². The summed E-state index contributed by atoms with van der Waals surface area (Å²) >= 11 is 1.09. The van der Waals surface area contributed by atoms with E-state index in [0.29, 0.717) is 34.5 Å². The normalized spacial score (nSPS) is 11.0. The van der Waals surface area contributed by atoms with Gasteiger partial charge in [0.2, 0.25) is 0 Å². The van der Waals surface area contributed by atoms with E-state index in [1.165, 1.54) is 15.2 Å². The summed E-state index contributed by atoms with van der Waals surface area (Å²) in [6.45, 7) is 2.92. The Morgan fingerprint density at radius 3 is 2.56 bits per heavy atom. The first-order chi connectivity index (χ1) is 16.4. The van der Waals surface area contributed by atoms with Crippen LogP contribution in [0.2, 0.25) is 0 Å². The molecule has 0 bridgehead atoms. The Morgan fingerprint density at radius 1 is 1.00 bits per heavy atom. The van der Waals surface area contributed by atoms with Gasteiger partial charge in [-0.15, -0.1) is 11.3 Å². The van der Waals surface area contributed by atoms with Gasteiger partial charge >= 0.3 is 11.7 Å². The molecule has 8 heteroatoms. The van der Waals surface area contributed by atoms with Gasteiger partial charge in [-0.1, -0.05) is 42.5 Å². The maximum absolute atomic E-state index is 13.0. The summed E-state index contributed by atoms with van der Waals surface area (Å²) in [6, 6.07) is 18.7. The van der Waals surface area contributed by atoms with Crippen LogP contribution in [0, 0.1) is 6.92 Å². The van der Waals surface area contributed by atoms with E-state index in [-0.39, 0.29) is 13.2 Å². The third-order valence-electron chi connectivity index (χ3n) is 5.46. The van der Waals surface area contributed by atoms with Crippen LogP contribution in [0.3, 0.4) is 0 Å². The minimum atomic E-state index is -0.517. The number of carbonyl (C=O) groups is 1. The second-order valence-electron chi connectivity index (χ2n) is 8.06. The van der Waals surface area contributed by atoms with Gasteiger partial charge in [-0.05, 0) is 49.1 Å². The fraction of sp³-hybridized carbons (Fsp3) is 0.269. The summed E-state index contributed by atoms with van der Waals surface area (Å²) in [5.74, 6) is 0.288. The van der Waals surface area contributed by atoms with Crippen molar-refractivity contribution in [2.45, 2.75) is 32.9 Å². The van der Waals surface area contributed by atoms with E-state index in [1.807, 2.05) is 61.5 Å². The molecule has 2 aromatic carbocycles. The van der Waals surface area contributed by atoms with E-state index in [2.05, 4.69) is 0 Å². The average molecular weight is 479 g/mol. The quantitative estimate of drug-likeness (QED) is 0.265. The number of hydrogen-bond acceptors (Lipinski definition) is 6. The summed E-state index contributed by atoms with van der Waals surface area (Å²) in [5.41, 5.74) is 1.21. The SMILES string of the molecule is Cc1cccc(OCCCCn2c(=O)c3cc(C(=O)OCc4ccccc4)sc3n(C)c2=O)c1. The van der Waals surface area contributed by atoms with E-state index < -0.39 is 17.2 Å². The third kappa shape index (κ3) is 5.28. The van der Waals surface area contributed by atoms with Gasteiger partial charge in [0.15, 0.2) is 0 Å². The van der Waals surface area contributed by atoms with Crippen molar-refractivity contribution in [1.29, 1.82) is 0 Å². The first kappa shape index (κ1) is 23.5. The molecule has 0 unspecified atom stereocenters. The lowest BCUT2D eigenvalue weighted by molar-refractivity contribution is 0.0478. The summed E-state index contributed by atoms with van der Waals surface area (Å²) in [6.07, 6.45) is 1.31. The zero-order valence-corrected chi connectivity index (χ0v) is 20.0. The molecule has 0 aliphatic carbocycles. The molecule has 34 heavy (non-hydrogen) atoms. The fourth-order valence-electron chi connectivity index (χ4n) is 3.64. The first-order valence-electron chi connectivity index (χ1n) is 11.1. The molecular formula is C26H26N2O5S. The minimum absolute atomic E-state index is 0.141. The van der Waals surface area contributed by atoms with Crippen molar-refractivity contribution in [2.24, 2.45) is 7.05 Å². The molecule has 0 aliphatic rings. The van der Waals surface area contributed by atoms with E-state index in [9.17, 15) is 14.4 Å². The molecular weight excluding hydrogens is 452 g/mol. The Hall–Kier alpha value is -3.65. The highest BCUT2D eigenvalue weighted by atomic mass is 32.1. The van der Waals surface area contributed by atoms with Crippen LogP contribution in [0.5, 0.6) is 5.75 Å². The van der Waals surface area contributed by atoms with Gasteiger partial charge in [0.1, 0.15) is 22.1 Å². The molecule has 0 spiro atoms. The predicted octanol–water partition coefficient (Wildman–Crippen LogP) is 4.29. The number of ether oxygens (including phenoxy) is 2. The van der Waals surface area contributed by atoms with Crippen LogP contribution in [0.15, 0.2) is 70.3 Å². The summed E-state index contributed by atoms with van der Waals surface area (Å²) in [5, 5.41) is 0.342. The van der Waals surface area contributed by atoms with Gasteiger partial charge in [0, 0.05) is 13.6 Å². The van der Waals surface area contributed by atoms with Gasteiger partial charge in [-0.3, -0.25) is 13.9 Å². The van der Waals surface area contributed by atoms with Crippen molar-refractivity contribution in [2.75, 3.05) is 6.61 Å².